The van der Waals surface area contributed by atoms with Gasteiger partial charge in [0.05, 0.1) is 21.3 Å². The minimum atomic E-state index is -0.290. The lowest BCUT2D eigenvalue weighted by Gasteiger charge is -2.21. The number of benzene rings is 1. The number of hydrazone groups is 1. The lowest BCUT2D eigenvalue weighted by atomic mass is 9.86. The van der Waals surface area contributed by atoms with E-state index in [1.165, 1.54) is 47.0 Å². The van der Waals surface area contributed by atoms with Gasteiger partial charge in [-0.15, -0.1) is 0 Å². The van der Waals surface area contributed by atoms with Crippen LogP contribution in [0.2, 0.25) is 0 Å². The van der Waals surface area contributed by atoms with Crippen LogP contribution in [0.25, 0.3) is 0 Å². The van der Waals surface area contributed by atoms with Crippen LogP contribution in [0.5, 0.6) is 17.2 Å². The lowest BCUT2D eigenvalue weighted by Crippen LogP contribution is -2.24. The molecular formula is C19H26N2O4. The zero-order valence-electron chi connectivity index (χ0n) is 15.3. The maximum atomic E-state index is 12.5. The van der Waals surface area contributed by atoms with Crippen LogP contribution < -0.4 is 19.6 Å². The van der Waals surface area contributed by atoms with Crippen LogP contribution >= 0.6 is 0 Å². The number of nitrogens with one attached hydrogen (secondary N) is 1. The van der Waals surface area contributed by atoms with Gasteiger partial charge in [-0.1, -0.05) is 6.42 Å². The predicted molar refractivity (Wildman–Crippen MR) is 95.6 cm³/mol. The van der Waals surface area contributed by atoms with Gasteiger partial charge in [-0.25, -0.2) is 5.43 Å². The minimum Gasteiger partial charge on any atom is -0.493 e. The Labute approximate surface area is 148 Å². The van der Waals surface area contributed by atoms with Gasteiger partial charge in [0, 0.05) is 17.2 Å². The second-order valence-corrected chi connectivity index (χ2v) is 6.89. The number of ether oxygens (including phenoxy) is 3. The minimum absolute atomic E-state index is 0.290. The van der Waals surface area contributed by atoms with Crippen LogP contribution in [0.15, 0.2) is 17.2 Å². The monoisotopic (exact) mass is 346 g/mol. The fourth-order valence-corrected chi connectivity index (χ4v) is 4.25. The van der Waals surface area contributed by atoms with Crippen LogP contribution in [0.1, 0.15) is 43.0 Å². The van der Waals surface area contributed by atoms with E-state index < -0.39 is 0 Å². The molecule has 6 heteroatoms. The third-order valence-corrected chi connectivity index (χ3v) is 5.54. The van der Waals surface area contributed by atoms with Crippen molar-refractivity contribution >= 4 is 11.6 Å². The quantitative estimate of drug-likeness (QED) is 0.634. The average Bonchev–Trinajstić information content (AvgIpc) is 3.27. The Balaban J connectivity index is 1.73. The summed E-state index contributed by atoms with van der Waals surface area (Å²) in [5.41, 5.74) is 4.11. The number of fused-ring (bicyclic) bond motifs is 2. The Morgan fingerprint density at radius 1 is 1.08 bits per heavy atom. The SMILES string of the molecule is COc1cc(C(=O)N/N=C(/C)[C@H]2C[C@@H]3CC[C@@H]2C3)cc(OC)c1OC. The second kappa shape index (κ2) is 7.33. The third kappa shape index (κ3) is 3.43. The fourth-order valence-electron chi connectivity index (χ4n) is 4.25. The molecule has 136 valence electrons. The molecule has 2 aliphatic carbocycles. The number of amides is 1. The molecule has 2 fully saturated rings. The number of carbonyl (C=O) groups excluding carboxylic acids is 1. The van der Waals surface area contributed by atoms with Crippen molar-refractivity contribution in [2.75, 3.05) is 21.3 Å². The van der Waals surface area contributed by atoms with Crippen LogP contribution in [0.4, 0.5) is 0 Å². The van der Waals surface area contributed by atoms with E-state index in [2.05, 4.69) is 10.5 Å². The molecule has 3 atom stereocenters. The number of methoxy groups -OCH3 is 3. The zero-order valence-corrected chi connectivity index (χ0v) is 15.3. The standard InChI is InChI=1S/C19H26N2O4/c1-11(15-8-12-5-6-13(15)7-12)20-21-19(22)14-9-16(23-2)18(25-4)17(10-14)24-3/h9-10,12-13,15H,5-8H2,1-4H3,(H,21,22)/b20-11-/t12-,13-,15-/m1/s1. The first-order valence-electron chi connectivity index (χ1n) is 8.71. The Morgan fingerprint density at radius 2 is 1.76 bits per heavy atom. The predicted octanol–water partition coefficient (Wildman–Crippen LogP) is 3.25. The molecule has 0 radical (unpaired) electrons. The summed E-state index contributed by atoms with van der Waals surface area (Å²) < 4.78 is 15.9. The number of nitrogens with zero attached hydrogens (tertiary/aromatic N) is 1. The Morgan fingerprint density at radius 3 is 2.24 bits per heavy atom. The first-order chi connectivity index (χ1) is 12.1. The summed E-state index contributed by atoms with van der Waals surface area (Å²) in [6, 6.07) is 3.25. The molecule has 0 aliphatic heterocycles. The van der Waals surface area contributed by atoms with Crippen molar-refractivity contribution in [3.8, 4) is 17.2 Å². The van der Waals surface area contributed by atoms with Gasteiger partial charge in [0.2, 0.25) is 5.75 Å². The lowest BCUT2D eigenvalue weighted by molar-refractivity contribution is 0.0953. The number of carbonyl (C=O) groups is 1. The molecule has 2 saturated carbocycles. The van der Waals surface area contributed by atoms with Gasteiger partial charge < -0.3 is 14.2 Å². The van der Waals surface area contributed by atoms with Crippen molar-refractivity contribution in [2.24, 2.45) is 22.9 Å². The summed E-state index contributed by atoms with van der Waals surface area (Å²) in [5, 5.41) is 4.36. The molecule has 0 saturated heterocycles. The van der Waals surface area contributed by atoms with Crippen LogP contribution in [-0.2, 0) is 0 Å². The fraction of sp³-hybridized carbons (Fsp3) is 0.579. The number of hydrogen-bond acceptors (Lipinski definition) is 5. The number of hydrogen-bond donors (Lipinski definition) is 1. The highest BCUT2D eigenvalue weighted by Gasteiger charge is 2.40. The maximum Gasteiger partial charge on any atom is 0.271 e. The molecule has 25 heavy (non-hydrogen) atoms. The van der Waals surface area contributed by atoms with E-state index in [1.807, 2.05) is 6.92 Å². The normalized spacial score (nSPS) is 25.0. The van der Waals surface area contributed by atoms with E-state index in [1.54, 1.807) is 12.1 Å². The van der Waals surface area contributed by atoms with Gasteiger partial charge in [0.15, 0.2) is 11.5 Å². The van der Waals surface area contributed by atoms with Crippen molar-refractivity contribution in [3.05, 3.63) is 17.7 Å². The molecule has 0 aromatic heterocycles. The van der Waals surface area contributed by atoms with E-state index >= 15 is 0 Å². The summed E-state index contributed by atoms with van der Waals surface area (Å²) in [4.78, 5) is 12.5. The third-order valence-electron chi connectivity index (χ3n) is 5.54. The first-order valence-corrected chi connectivity index (χ1v) is 8.71. The van der Waals surface area contributed by atoms with Crippen LogP contribution in [0, 0.1) is 17.8 Å². The van der Waals surface area contributed by atoms with Crippen molar-refractivity contribution in [2.45, 2.75) is 32.6 Å². The van der Waals surface area contributed by atoms with E-state index in [-0.39, 0.29) is 5.91 Å². The summed E-state index contributed by atoms with van der Waals surface area (Å²) in [6.07, 6.45) is 5.17. The van der Waals surface area contributed by atoms with Crippen molar-refractivity contribution in [3.63, 3.8) is 0 Å². The second-order valence-electron chi connectivity index (χ2n) is 6.89. The van der Waals surface area contributed by atoms with Gasteiger partial charge in [0.25, 0.3) is 5.91 Å². The molecule has 2 bridgehead atoms. The first kappa shape index (κ1) is 17.6. The largest absolute Gasteiger partial charge is 0.493 e. The Kier molecular flexibility index (Phi) is 5.16. The summed E-state index contributed by atoms with van der Waals surface area (Å²) in [5.74, 6) is 3.17. The van der Waals surface area contributed by atoms with Gasteiger partial charge in [-0.2, -0.15) is 5.10 Å². The zero-order chi connectivity index (χ0) is 18.0. The molecule has 1 N–H and O–H groups in total. The Bertz CT molecular complexity index is 661. The number of rotatable bonds is 6. The van der Waals surface area contributed by atoms with Crippen LogP contribution in [0.3, 0.4) is 0 Å². The Hall–Kier alpha value is -2.24. The summed E-state index contributed by atoms with van der Waals surface area (Å²) >= 11 is 0. The van der Waals surface area contributed by atoms with Crippen molar-refractivity contribution < 1.29 is 19.0 Å². The summed E-state index contributed by atoms with van der Waals surface area (Å²) in [7, 11) is 4.58. The smallest absolute Gasteiger partial charge is 0.271 e. The summed E-state index contributed by atoms with van der Waals surface area (Å²) in [6.45, 7) is 2.01. The van der Waals surface area contributed by atoms with Gasteiger partial charge in [0.1, 0.15) is 0 Å². The highest BCUT2D eigenvalue weighted by Crippen LogP contribution is 2.48. The molecule has 6 nitrogen and oxygen atoms in total. The maximum absolute atomic E-state index is 12.5. The highest BCUT2D eigenvalue weighted by molar-refractivity contribution is 5.96. The molecule has 0 heterocycles. The van der Waals surface area contributed by atoms with E-state index in [9.17, 15) is 4.79 Å². The van der Waals surface area contributed by atoms with Crippen LogP contribution in [-0.4, -0.2) is 32.9 Å². The molecular weight excluding hydrogens is 320 g/mol. The average molecular weight is 346 g/mol. The van der Waals surface area contributed by atoms with E-state index in [0.717, 1.165) is 17.5 Å². The van der Waals surface area contributed by atoms with Gasteiger partial charge in [-0.3, -0.25) is 4.79 Å². The molecule has 3 rings (SSSR count). The molecule has 1 amide bonds. The molecule has 2 aliphatic rings. The van der Waals surface area contributed by atoms with E-state index in [0.29, 0.717) is 28.7 Å². The highest BCUT2D eigenvalue weighted by atomic mass is 16.5. The van der Waals surface area contributed by atoms with Crippen molar-refractivity contribution in [1.29, 1.82) is 0 Å². The van der Waals surface area contributed by atoms with Gasteiger partial charge in [-0.05, 0) is 50.2 Å². The molecule has 0 unspecified atom stereocenters. The topological polar surface area (TPSA) is 69.2 Å². The molecule has 1 aromatic carbocycles. The van der Waals surface area contributed by atoms with Crippen molar-refractivity contribution in [1.82, 2.24) is 5.43 Å². The molecule has 1 aromatic rings. The van der Waals surface area contributed by atoms with Gasteiger partial charge >= 0.3 is 0 Å². The molecule has 0 spiro atoms. The van der Waals surface area contributed by atoms with E-state index in [4.69, 9.17) is 14.2 Å².